The molecule has 0 unspecified atom stereocenters. The lowest BCUT2D eigenvalue weighted by atomic mass is 9.78. The Balaban J connectivity index is 1.34. The first-order chi connectivity index (χ1) is 19.4. The molecule has 2 heterocycles. The molecule has 6 nitrogen and oxygen atoms in total. The van der Waals surface area contributed by atoms with Crippen molar-refractivity contribution in [2.24, 2.45) is 0 Å². The van der Waals surface area contributed by atoms with Crippen molar-refractivity contribution < 1.29 is 32.1 Å². The van der Waals surface area contributed by atoms with Crippen molar-refractivity contribution >= 4 is 24.5 Å². The first-order valence-corrected chi connectivity index (χ1v) is 12.0. The second-order valence-electron chi connectivity index (χ2n) is 8.58. The van der Waals surface area contributed by atoms with Gasteiger partial charge in [-0.2, -0.15) is 0 Å². The molecule has 0 radical (unpaired) electrons. The summed E-state index contributed by atoms with van der Waals surface area (Å²) in [6, 6.07) is 22.6. The second kappa shape index (κ2) is 11.6. The molecule has 40 heavy (non-hydrogen) atoms. The third-order valence-electron chi connectivity index (χ3n) is 5.79. The highest BCUT2D eigenvalue weighted by atomic mass is 19.1. The van der Waals surface area contributed by atoms with Crippen LogP contribution in [0.25, 0.3) is 22.5 Å². The Kier molecular flexibility index (Phi) is 7.68. The maximum absolute atomic E-state index is 14.0. The van der Waals surface area contributed by atoms with E-state index >= 15 is 0 Å². The highest BCUT2D eigenvalue weighted by Gasteiger charge is 2.32. The molecule has 5 rings (SSSR count). The summed E-state index contributed by atoms with van der Waals surface area (Å²) in [4.78, 5) is 34.2. The molecular weight excluding hydrogens is 520 g/mol. The molecule has 0 aliphatic carbocycles. The van der Waals surface area contributed by atoms with Gasteiger partial charge < -0.3 is 9.31 Å². The standard InChI is InChI=1S/C30H18BF3N2O4/c32-24-7-1-4-19(14-24)27-12-10-21(17-35-27)29(37)39-31(23-6-3-9-26(34)16-23)40-30(38)22-11-13-28(36-18-22)20-5-2-8-25(33)15-20/h1-18H. The summed E-state index contributed by atoms with van der Waals surface area (Å²) >= 11 is 0. The van der Waals surface area contributed by atoms with Crippen LogP contribution in [0.15, 0.2) is 109 Å². The molecule has 0 fully saturated rings. The molecule has 0 spiro atoms. The van der Waals surface area contributed by atoms with E-state index in [4.69, 9.17) is 9.31 Å². The van der Waals surface area contributed by atoms with E-state index in [1.807, 2.05) is 0 Å². The zero-order valence-corrected chi connectivity index (χ0v) is 20.6. The Morgan fingerprint density at radius 3 is 1.43 bits per heavy atom. The number of carbonyl (C=O) groups excluding carboxylic acids is 2. The molecule has 2 aromatic heterocycles. The van der Waals surface area contributed by atoms with Crippen molar-refractivity contribution in [1.82, 2.24) is 9.97 Å². The van der Waals surface area contributed by atoms with Gasteiger partial charge in [-0.25, -0.2) is 22.8 Å². The van der Waals surface area contributed by atoms with Crippen LogP contribution in [0.2, 0.25) is 0 Å². The monoisotopic (exact) mass is 538 g/mol. The second-order valence-corrected chi connectivity index (χ2v) is 8.58. The molecule has 0 amide bonds. The lowest BCUT2D eigenvalue weighted by Gasteiger charge is -2.15. The lowest BCUT2D eigenvalue weighted by molar-refractivity contribution is 0.0613. The van der Waals surface area contributed by atoms with Crippen LogP contribution in [0.1, 0.15) is 20.7 Å². The van der Waals surface area contributed by atoms with Crippen molar-refractivity contribution in [3.63, 3.8) is 0 Å². The third-order valence-corrected chi connectivity index (χ3v) is 5.79. The van der Waals surface area contributed by atoms with Gasteiger partial charge in [0.1, 0.15) is 17.5 Å². The Bertz CT molecular complexity index is 1580. The number of pyridine rings is 2. The van der Waals surface area contributed by atoms with Crippen LogP contribution in [-0.2, 0) is 9.31 Å². The van der Waals surface area contributed by atoms with E-state index in [1.54, 1.807) is 12.1 Å². The van der Waals surface area contributed by atoms with Crippen LogP contribution in [0.5, 0.6) is 0 Å². The number of aromatic nitrogens is 2. The number of benzene rings is 3. The van der Waals surface area contributed by atoms with Gasteiger partial charge in [-0.15, -0.1) is 0 Å². The first kappa shape index (κ1) is 26.4. The van der Waals surface area contributed by atoms with Crippen molar-refractivity contribution in [2.75, 3.05) is 0 Å². The van der Waals surface area contributed by atoms with E-state index in [0.717, 1.165) is 6.07 Å². The van der Waals surface area contributed by atoms with Gasteiger partial charge in [0.15, 0.2) is 0 Å². The minimum absolute atomic E-state index is 0.0266. The summed E-state index contributed by atoms with van der Waals surface area (Å²) in [7, 11) is -1.60. The average molecular weight is 538 g/mol. The Labute approximate surface area is 227 Å². The van der Waals surface area contributed by atoms with Gasteiger partial charge in [-0.3, -0.25) is 9.97 Å². The fourth-order valence-corrected chi connectivity index (χ4v) is 3.81. The Morgan fingerprint density at radius 2 is 1.02 bits per heavy atom. The van der Waals surface area contributed by atoms with Crippen molar-refractivity contribution in [1.29, 1.82) is 0 Å². The molecule has 0 N–H and O–H groups in total. The largest absolute Gasteiger partial charge is 0.637 e. The smallest absolute Gasteiger partial charge is 0.492 e. The summed E-state index contributed by atoms with van der Waals surface area (Å²) in [6.07, 6.45) is 2.48. The average Bonchev–Trinajstić information content (AvgIpc) is 2.97. The third kappa shape index (κ3) is 6.24. The molecular formula is C30H18BF3N2O4. The number of halogens is 3. The van der Waals surface area contributed by atoms with E-state index in [0.29, 0.717) is 22.5 Å². The lowest BCUT2D eigenvalue weighted by Crippen LogP contribution is -2.41. The van der Waals surface area contributed by atoms with Gasteiger partial charge in [-0.05, 0) is 60.7 Å². The fraction of sp³-hybridized carbons (Fsp3) is 0. The van der Waals surface area contributed by atoms with E-state index in [-0.39, 0.29) is 16.6 Å². The van der Waals surface area contributed by atoms with Gasteiger partial charge in [0.25, 0.3) is 0 Å². The molecule has 0 saturated heterocycles. The van der Waals surface area contributed by atoms with E-state index in [9.17, 15) is 22.8 Å². The number of hydrogen-bond acceptors (Lipinski definition) is 6. The highest BCUT2D eigenvalue weighted by molar-refractivity contribution is 6.64. The number of nitrogens with zero attached hydrogens (tertiary/aromatic N) is 2. The van der Waals surface area contributed by atoms with Gasteiger partial charge in [0.05, 0.1) is 22.5 Å². The molecule has 0 atom stereocenters. The summed E-state index contributed by atoms with van der Waals surface area (Å²) in [5.41, 5.74) is 2.02. The molecule has 196 valence electrons. The Morgan fingerprint density at radius 1 is 0.575 bits per heavy atom. The van der Waals surface area contributed by atoms with Crippen molar-refractivity contribution in [3.05, 3.63) is 138 Å². The maximum atomic E-state index is 14.0. The highest BCUT2D eigenvalue weighted by Crippen LogP contribution is 2.20. The van der Waals surface area contributed by atoms with Crippen LogP contribution >= 0.6 is 0 Å². The van der Waals surface area contributed by atoms with E-state index < -0.39 is 36.5 Å². The van der Waals surface area contributed by atoms with Crippen LogP contribution in [0, 0.1) is 17.5 Å². The molecule has 5 aromatic rings. The quantitative estimate of drug-likeness (QED) is 0.250. The van der Waals surface area contributed by atoms with Crippen LogP contribution in [0.4, 0.5) is 13.2 Å². The van der Waals surface area contributed by atoms with E-state index in [2.05, 4.69) is 9.97 Å². The zero-order valence-electron chi connectivity index (χ0n) is 20.6. The summed E-state index contributed by atoms with van der Waals surface area (Å²) < 4.78 is 51.9. The van der Waals surface area contributed by atoms with Gasteiger partial charge in [-0.1, -0.05) is 36.4 Å². The summed E-state index contributed by atoms with van der Waals surface area (Å²) in [5, 5.41) is 0. The first-order valence-electron chi connectivity index (χ1n) is 12.0. The molecule has 0 saturated carbocycles. The topological polar surface area (TPSA) is 78.4 Å². The minimum Gasteiger partial charge on any atom is -0.492 e. The van der Waals surface area contributed by atoms with Gasteiger partial charge in [0.2, 0.25) is 0 Å². The minimum atomic E-state index is -1.60. The Hall–Kier alpha value is -5.25. The van der Waals surface area contributed by atoms with Crippen molar-refractivity contribution in [2.45, 2.75) is 0 Å². The molecule has 0 aliphatic heterocycles. The predicted octanol–water partition coefficient (Wildman–Crippen LogP) is 5.64. The molecule has 3 aromatic carbocycles. The van der Waals surface area contributed by atoms with Crippen LogP contribution in [0.3, 0.4) is 0 Å². The van der Waals surface area contributed by atoms with Crippen molar-refractivity contribution in [3.8, 4) is 22.5 Å². The fourth-order valence-electron chi connectivity index (χ4n) is 3.81. The van der Waals surface area contributed by atoms with Crippen LogP contribution in [-0.4, -0.2) is 29.0 Å². The van der Waals surface area contributed by atoms with Gasteiger partial charge >= 0.3 is 19.1 Å². The van der Waals surface area contributed by atoms with Crippen LogP contribution < -0.4 is 5.46 Å². The number of hydrogen-bond donors (Lipinski definition) is 0. The predicted molar refractivity (Wildman–Crippen MR) is 142 cm³/mol. The summed E-state index contributed by atoms with van der Waals surface area (Å²) in [6.45, 7) is 0. The molecule has 0 aliphatic rings. The normalized spacial score (nSPS) is 10.6. The summed E-state index contributed by atoms with van der Waals surface area (Å²) in [5.74, 6) is -3.26. The maximum Gasteiger partial charge on any atom is 0.637 e. The SMILES string of the molecule is O=C(OB(OC(=O)c1ccc(-c2cccc(F)c2)nc1)c1cccc(F)c1)c1ccc(-c2cccc(F)c2)nc1. The number of carbonyl (C=O) groups is 2. The van der Waals surface area contributed by atoms with E-state index in [1.165, 1.54) is 91.3 Å². The molecule has 10 heteroatoms. The number of rotatable bonds is 7. The zero-order chi connectivity index (χ0) is 28.1. The van der Waals surface area contributed by atoms with Gasteiger partial charge in [0, 0.05) is 29.0 Å². The molecule has 0 bridgehead atoms.